The van der Waals surface area contributed by atoms with Crippen molar-refractivity contribution in [2.24, 2.45) is 7.05 Å². The first-order valence-electron chi connectivity index (χ1n) is 12.9. The summed E-state index contributed by atoms with van der Waals surface area (Å²) in [7, 11) is 1.46. The third-order valence-corrected chi connectivity index (χ3v) is 7.51. The van der Waals surface area contributed by atoms with E-state index in [-0.39, 0.29) is 35.6 Å². The zero-order valence-corrected chi connectivity index (χ0v) is 21.8. The highest BCUT2D eigenvalue weighted by Crippen LogP contribution is 2.38. The molecule has 3 N–H and O–H groups in total. The van der Waals surface area contributed by atoms with Crippen molar-refractivity contribution in [3.05, 3.63) is 46.0 Å². The minimum absolute atomic E-state index is 0.00259. The zero-order valence-electron chi connectivity index (χ0n) is 21.8. The van der Waals surface area contributed by atoms with Gasteiger partial charge in [0.05, 0.1) is 17.6 Å². The van der Waals surface area contributed by atoms with Crippen molar-refractivity contribution >= 4 is 17.5 Å². The van der Waals surface area contributed by atoms with Crippen molar-refractivity contribution in [3.63, 3.8) is 0 Å². The van der Waals surface area contributed by atoms with Crippen LogP contribution in [0.15, 0.2) is 23.1 Å². The van der Waals surface area contributed by atoms with Gasteiger partial charge in [0.1, 0.15) is 5.82 Å². The number of aromatic nitrogens is 6. The van der Waals surface area contributed by atoms with E-state index in [4.69, 9.17) is 0 Å². The number of piperidine rings is 1. The Morgan fingerprint density at radius 3 is 2.76 bits per heavy atom. The highest BCUT2D eigenvalue weighted by atomic mass is 19.1. The minimum atomic E-state index is -0.614. The number of anilines is 3. The van der Waals surface area contributed by atoms with Crippen molar-refractivity contribution in [1.82, 2.24) is 34.7 Å². The van der Waals surface area contributed by atoms with Crippen LogP contribution in [-0.2, 0) is 13.5 Å². The van der Waals surface area contributed by atoms with Crippen LogP contribution in [0.5, 0.6) is 0 Å². The lowest BCUT2D eigenvalue weighted by molar-refractivity contribution is 0.0500. The lowest BCUT2D eigenvalue weighted by Crippen LogP contribution is -2.55. The molecule has 0 radical (unpaired) electrons. The summed E-state index contributed by atoms with van der Waals surface area (Å²) >= 11 is 0. The molecule has 204 valence electrons. The van der Waals surface area contributed by atoms with Gasteiger partial charge in [0.25, 0.3) is 0 Å². The Balaban J connectivity index is 1.41. The maximum Gasteiger partial charge on any atom is 0.368 e. The van der Waals surface area contributed by atoms with Gasteiger partial charge in [-0.3, -0.25) is 4.90 Å². The fourth-order valence-electron chi connectivity index (χ4n) is 5.79. The Morgan fingerprint density at radius 1 is 1.21 bits per heavy atom. The first-order valence-corrected chi connectivity index (χ1v) is 12.9. The van der Waals surface area contributed by atoms with E-state index < -0.39 is 17.3 Å². The van der Waals surface area contributed by atoms with Crippen LogP contribution in [-0.4, -0.2) is 70.5 Å². The van der Waals surface area contributed by atoms with E-state index in [0.717, 1.165) is 41.4 Å². The Labute approximate surface area is 218 Å². The summed E-state index contributed by atoms with van der Waals surface area (Å²) in [5.41, 5.74) is 0.272. The van der Waals surface area contributed by atoms with E-state index >= 15 is 4.39 Å². The fraction of sp³-hybridized carbons (Fsp3) is 0.560. The number of aryl methyl sites for hydroxylation is 2. The number of tetrazole rings is 1. The molecule has 11 nitrogen and oxygen atoms in total. The van der Waals surface area contributed by atoms with E-state index in [0.29, 0.717) is 30.1 Å². The van der Waals surface area contributed by atoms with Gasteiger partial charge < -0.3 is 15.7 Å². The second-order valence-electron chi connectivity index (χ2n) is 10.7. The van der Waals surface area contributed by atoms with E-state index in [2.05, 4.69) is 49.8 Å². The number of benzene rings is 1. The predicted octanol–water partition coefficient (Wildman–Crippen LogP) is 2.52. The lowest BCUT2D eigenvalue weighted by Gasteiger charge is -2.47. The molecule has 0 saturated carbocycles. The molecule has 38 heavy (non-hydrogen) atoms. The lowest BCUT2D eigenvalue weighted by atomic mass is 9.84. The third-order valence-electron chi connectivity index (χ3n) is 7.51. The standard InChI is InChI=1S/C25H33F2N9O2/c1-25(2)13-16(11-17-7-4-8-35(17)25)29-22-19(27)14-28-23(31-22)30-20-12-21(36-24(38)34(3)32-33-36)15(6-5-9-37)10-18(20)26/h10,12,14,16-17,37H,4-9,11,13H2,1-3H3,(H2,28,29,30,31)/t16-,17+/m1/s1. The Bertz CT molecular complexity index is 1370. The van der Waals surface area contributed by atoms with E-state index in [1.54, 1.807) is 0 Å². The van der Waals surface area contributed by atoms with Gasteiger partial charge in [-0.15, -0.1) is 0 Å². The highest BCUT2D eigenvalue weighted by Gasteiger charge is 2.43. The van der Waals surface area contributed by atoms with Gasteiger partial charge >= 0.3 is 5.69 Å². The molecule has 0 amide bonds. The maximum atomic E-state index is 15.1. The number of aliphatic hydroxyl groups is 1. The van der Waals surface area contributed by atoms with Crippen LogP contribution in [0.3, 0.4) is 0 Å². The van der Waals surface area contributed by atoms with Crippen molar-refractivity contribution in [1.29, 1.82) is 0 Å². The molecule has 2 atom stereocenters. The molecule has 3 aromatic rings. The molecule has 2 aliphatic heterocycles. The van der Waals surface area contributed by atoms with Crippen LogP contribution >= 0.6 is 0 Å². The van der Waals surface area contributed by atoms with Crippen molar-refractivity contribution in [2.75, 3.05) is 23.8 Å². The summed E-state index contributed by atoms with van der Waals surface area (Å²) in [4.78, 5) is 23.3. The largest absolute Gasteiger partial charge is 0.396 e. The van der Waals surface area contributed by atoms with Crippen molar-refractivity contribution in [3.8, 4) is 5.69 Å². The van der Waals surface area contributed by atoms with E-state index in [1.165, 1.54) is 25.6 Å². The Hall–Kier alpha value is -3.45. The molecule has 13 heteroatoms. The van der Waals surface area contributed by atoms with Gasteiger partial charge in [0.2, 0.25) is 5.95 Å². The van der Waals surface area contributed by atoms with Crippen LogP contribution < -0.4 is 16.3 Å². The van der Waals surface area contributed by atoms with Gasteiger partial charge in [-0.25, -0.2) is 18.6 Å². The smallest absolute Gasteiger partial charge is 0.368 e. The summed E-state index contributed by atoms with van der Waals surface area (Å²) in [6.45, 7) is 5.44. The molecule has 2 fully saturated rings. The quantitative estimate of drug-likeness (QED) is 0.404. The molecule has 0 aliphatic carbocycles. The second-order valence-corrected chi connectivity index (χ2v) is 10.7. The van der Waals surface area contributed by atoms with Gasteiger partial charge in [-0.1, -0.05) is 0 Å². The van der Waals surface area contributed by atoms with Crippen LogP contribution in [0.1, 0.15) is 51.5 Å². The topological polar surface area (TPSA) is 126 Å². The first kappa shape index (κ1) is 26.2. The number of rotatable bonds is 8. The first-order chi connectivity index (χ1) is 18.2. The van der Waals surface area contributed by atoms with Gasteiger partial charge in [0.15, 0.2) is 11.6 Å². The number of nitrogens with zero attached hydrogens (tertiary/aromatic N) is 7. The fourth-order valence-corrected chi connectivity index (χ4v) is 5.79. The summed E-state index contributed by atoms with van der Waals surface area (Å²) < 4.78 is 32.0. The van der Waals surface area contributed by atoms with Gasteiger partial charge in [0, 0.05) is 31.3 Å². The molecular formula is C25H33F2N9O2. The maximum absolute atomic E-state index is 15.1. The van der Waals surface area contributed by atoms with Gasteiger partial charge in [-0.2, -0.15) is 14.3 Å². The zero-order chi connectivity index (χ0) is 27.0. The Kier molecular flexibility index (Phi) is 7.14. The van der Waals surface area contributed by atoms with Crippen molar-refractivity contribution in [2.45, 2.75) is 70.0 Å². The minimum Gasteiger partial charge on any atom is -0.396 e. The molecule has 5 rings (SSSR count). The molecular weight excluding hydrogens is 496 g/mol. The molecule has 1 aromatic carbocycles. The molecule has 0 spiro atoms. The van der Waals surface area contributed by atoms with Crippen molar-refractivity contribution < 1.29 is 13.9 Å². The number of hydrogen-bond donors (Lipinski definition) is 3. The highest BCUT2D eigenvalue weighted by molar-refractivity contribution is 5.61. The van der Waals surface area contributed by atoms with Crippen LogP contribution in [0, 0.1) is 11.6 Å². The van der Waals surface area contributed by atoms with Gasteiger partial charge in [-0.05, 0) is 87.0 Å². The molecule has 4 heterocycles. The monoisotopic (exact) mass is 529 g/mol. The van der Waals surface area contributed by atoms with Crippen LogP contribution in [0.25, 0.3) is 5.69 Å². The number of nitrogens with one attached hydrogen (secondary N) is 2. The number of fused-ring (bicyclic) bond motifs is 1. The van der Waals surface area contributed by atoms with E-state index in [1.807, 2.05) is 0 Å². The molecule has 0 bridgehead atoms. The number of halogens is 2. The number of hydrogen-bond acceptors (Lipinski definition) is 9. The van der Waals surface area contributed by atoms with E-state index in [9.17, 15) is 14.3 Å². The van der Waals surface area contributed by atoms with Crippen LogP contribution in [0.2, 0.25) is 0 Å². The number of aliphatic hydroxyl groups excluding tert-OH is 1. The summed E-state index contributed by atoms with van der Waals surface area (Å²) in [6, 6.07) is 3.18. The average molecular weight is 530 g/mol. The molecule has 2 aliphatic rings. The molecule has 2 saturated heterocycles. The normalized spacial score (nSPS) is 20.9. The second kappa shape index (κ2) is 10.4. The summed E-state index contributed by atoms with van der Waals surface area (Å²) in [5.74, 6) is -1.14. The summed E-state index contributed by atoms with van der Waals surface area (Å²) in [6.07, 6.45) is 5.79. The summed E-state index contributed by atoms with van der Waals surface area (Å²) in [5, 5.41) is 22.9. The third kappa shape index (κ3) is 5.12. The predicted molar refractivity (Wildman–Crippen MR) is 138 cm³/mol. The molecule has 2 aromatic heterocycles. The van der Waals surface area contributed by atoms with Crippen LogP contribution in [0.4, 0.5) is 26.2 Å². The Morgan fingerprint density at radius 2 is 2.03 bits per heavy atom. The SMILES string of the molecule is Cn1nnn(-c2cc(Nc3ncc(F)c(N[C@@H]4C[C@@H]5CCCN5C(C)(C)C4)n3)c(F)cc2CCCO)c1=O. The molecule has 0 unspecified atom stereocenters. The average Bonchev–Trinajstić information content (AvgIpc) is 3.48.